The molecule has 0 fully saturated rings. The lowest BCUT2D eigenvalue weighted by atomic mass is 10.4. The van der Waals surface area contributed by atoms with Crippen molar-refractivity contribution in [1.82, 2.24) is 10.2 Å². The van der Waals surface area contributed by atoms with Crippen LogP contribution < -0.4 is 10.9 Å². The van der Waals surface area contributed by atoms with Crippen LogP contribution in [0.5, 0.6) is 0 Å². The van der Waals surface area contributed by atoms with Crippen molar-refractivity contribution in [1.29, 1.82) is 0 Å². The Morgan fingerprint density at radius 3 is 3.00 bits per heavy atom. The molecular weight excluding hydrogens is 182 g/mol. The summed E-state index contributed by atoms with van der Waals surface area (Å²) in [5, 5.41) is 9.12. The van der Waals surface area contributed by atoms with E-state index in [4.69, 9.17) is 4.42 Å². The average molecular weight is 191 g/mol. The van der Waals surface area contributed by atoms with Crippen LogP contribution >= 0.6 is 0 Å². The van der Waals surface area contributed by atoms with Crippen molar-refractivity contribution in [3.63, 3.8) is 0 Å². The van der Waals surface area contributed by atoms with Gasteiger partial charge in [-0.25, -0.2) is 5.10 Å². The maximum atomic E-state index is 10.7. The van der Waals surface area contributed by atoms with Crippen molar-refractivity contribution in [2.24, 2.45) is 0 Å². The number of aromatic nitrogens is 2. The Balaban J connectivity index is 1.99. The normalized spacial score (nSPS) is 10.0. The van der Waals surface area contributed by atoms with E-state index >= 15 is 0 Å². The standard InChI is InChI=1S/C9H9N3O2/c13-9-4-3-8(11-12-9)10-6-7-2-1-5-14-7/h1-5H,6H2,(H,10,11)(H,12,13). The maximum Gasteiger partial charge on any atom is 0.264 e. The SMILES string of the molecule is O=c1ccc(NCc2ccco2)n[nH]1. The van der Waals surface area contributed by atoms with E-state index in [2.05, 4.69) is 15.5 Å². The number of hydrogen-bond acceptors (Lipinski definition) is 4. The van der Waals surface area contributed by atoms with Crippen molar-refractivity contribution < 1.29 is 4.42 Å². The van der Waals surface area contributed by atoms with Crippen molar-refractivity contribution in [2.75, 3.05) is 5.32 Å². The van der Waals surface area contributed by atoms with Crippen LogP contribution in [0.25, 0.3) is 0 Å². The first kappa shape index (κ1) is 8.55. The highest BCUT2D eigenvalue weighted by molar-refractivity contribution is 5.31. The molecule has 2 N–H and O–H groups in total. The molecule has 0 saturated carbocycles. The molecule has 5 nitrogen and oxygen atoms in total. The van der Waals surface area contributed by atoms with Crippen LogP contribution in [0.4, 0.5) is 5.82 Å². The molecule has 0 aliphatic rings. The summed E-state index contributed by atoms with van der Waals surface area (Å²) in [7, 11) is 0. The summed E-state index contributed by atoms with van der Waals surface area (Å²) >= 11 is 0. The summed E-state index contributed by atoms with van der Waals surface area (Å²) in [5.41, 5.74) is -0.214. The molecule has 72 valence electrons. The molecule has 2 heterocycles. The summed E-state index contributed by atoms with van der Waals surface area (Å²) in [6.07, 6.45) is 1.61. The highest BCUT2D eigenvalue weighted by Gasteiger charge is 1.96. The third-order valence-electron chi connectivity index (χ3n) is 1.70. The zero-order chi connectivity index (χ0) is 9.80. The third kappa shape index (κ3) is 2.01. The van der Waals surface area contributed by atoms with Gasteiger partial charge >= 0.3 is 0 Å². The highest BCUT2D eigenvalue weighted by atomic mass is 16.3. The van der Waals surface area contributed by atoms with E-state index in [9.17, 15) is 4.79 Å². The fourth-order valence-electron chi connectivity index (χ4n) is 1.03. The summed E-state index contributed by atoms with van der Waals surface area (Å²) in [4.78, 5) is 10.7. The van der Waals surface area contributed by atoms with Gasteiger partial charge in [0.15, 0.2) is 0 Å². The van der Waals surface area contributed by atoms with Gasteiger partial charge in [-0.15, -0.1) is 0 Å². The molecule has 14 heavy (non-hydrogen) atoms. The van der Waals surface area contributed by atoms with E-state index in [1.54, 1.807) is 12.3 Å². The van der Waals surface area contributed by atoms with Crippen molar-refractivity contribution >= 4 is 5.82 Å². The Morgan fingerprint density at radius 1 is 1.43 bits per heavy atom. The number of H-pyrrole nitrogens is 1. The quantitative estimate of drug-likeness (QED) is 0.758. The lowest BCUT2D eigenvalue weighted by Gasteiger charge is -2.00. The Bertz CT molecular complexity index is 427. The molecule has 0 bridgehead atoms. The molecule has 2 rings (SSSR count). The maximum absolute atomic E-state index is 10.7. The van der Waals surface area contributed by atoms with Crippen LogP contribution in [0.3, 0.4) is 0 Å². The monoisotopic (exact) mass is 191 g/mol. The number of nitrogens with one attached hydrogen (secondary N) is 2. The minimum Gasteiger partial charge on any atom is -0.467 e. The van der Waals surface area contributed by atoms with Crippen molar-refractivity contribution in [3.8, 4) is 0 Å². The zero-order valence-corrected chi connectivity index (χ0v) is 7.36. The van der Waals surface area contributed by atoms with Gasteiger partial charge < -0.3 is 9.73 Å². The average Bonchev–Trinajstić information content (AvgIpc) is 2.70. The summed E-state index contributed by atoms with van der Waals surface area (Å²) in [6.45, 7) is 0.548. The van der Waals surface area contributed by atoms with E-state index in [0.29, 0.717) is 12.4 Å². The van der Waals surface area contributed by atoms with Gasteiger partial charge in [0, 0.05) is 6.07 Å². The lowest BCUT2D eigenvalue weighted by molar-refractivity contribution is 0.517. The van der Waals surface area contributed by atoms with Gasteiger partial charge in [0.25, 0.3) is 5.56 Å². The fourth-order valence-corrected chi connectivity index (χ4v) is 1.03. The number of rotatable bonds is 3. The molecule has 0 saturated heterocycles. The van der Waals surface area contributed by atoms with Crippen LogP contribution in [-0.2, 0) is 6.54 Å². The molecule has 0 aromatic carbocycles. The van der Waals surface area contributed by atoms with Crippen LogP contribution in [-0.4, -0.2) is 10.2 Å². The predicted molar refractivity (Wildman–Crippen MR) is 50.9 cm³/mol. The third-order valence-corrected chi connectivity index (χ3v) is 1.70. The molecule has 0 aliphatic carbocycles. The van der Waals surface area contributed by atoms with Gasteiger partial charge in [-0.1, -0.05) is 0 Å². The minimum atomic E-state index is -0.214. The number of furan rings is 1. The Morgan fingerprint density at radius 2 is 2.36 bits per heavy atom. The number of nitrogens with zero attached hydrogens (tertiary/aromatic N) is 1. The second-order valence-electron chi connectivity index (χ2n) is 2.74. The molecule has 5 heteroatoms. The van der Waals surface area contributed by atoms with Gasteiger partial charge in [-0.2, -0.15) is 5.10 Å². The first-order chi connectivity index (χ1) is 6.84. The predicted octanol–water partition coefficient (Wildman–Crippen LogP) is 0.975. The molecule has 0 atom stereocenters. The van der Waals surface area contributed by atoms with E-state index in [1.807, 2.05) is 12.1 Å². The van der Waals surface area contributed by atoms with E-state index < -0.39 is 0 Å². The topological polar surface area (TPSA) is 70.9 Å². The van der Waals surface area contributed by atoms with Crippen LogP contribution in [0.2, 0.25) is 0 Å². The molecule has 0 aliphatic heterocycles. The zero-order valence-electron chi connectivity index (χ0n) is 7.36. The van der Waals surface area contributed by atoms with E-state index in [1.165, 1.54) is 6.07 Å². The van der Waals surface area contributed by atoms with E-state index in [0.717, 1.165) is 5.76 Å². The molecule has 0 radical (unpaired) electrons. The first-order valence-corrected chi connectivity index (χ1v) is 4.16. The highest BCUT2D eigenvalue weighted by Crippen LogP contribution is 2.03. The molecule has 0 unspecified atom stereocenters. The Labute approximate surface area is 79.8 Å². The first-order valence-electron chi connectivity index (χ1n) is 4.16. The number of aromatic amines is 1. The Kier molecular flexibility index (Phi) is 2.31. The van der Waals surface area contributed by atoms with Crippen molar-refractivity contribution in [3.05, 3.63) is 46.6 Å². The van der Waals surface area contributed by atoms with Gasteiger partial charge in [-0.3, -0.25) is 4.79 Å². The van der Waals surface area contributed by atoms with Gasteiger partial charge in [0.2, 0.25) is 0 Å². The molecular formula is C9H9N3O2. The molecule has 0 spiro atoms. The summed E-state index contributed by atoms with van der Waals surface area (Å²) in [6, 6.07) is 6.70. The van der Waals surface area contributed by atoms with Crippen LogP contribution in [0.1, 0.15) is 5.76 Å². The van der Waals surface area contributed by atoms with E-state index in [-0.39, 0.29) is 5.56 Å². The molecule has 2 aromatic rings. The van der Waals surface area contributed by atoms with Crippen LogP contribution in [0, 0.1) is 0 Å². The van der Waals surface area contributed by atoms with Gasteiger partial charge in [0.1, 0.15) is 11.6 Å². The second-order valence-corrected chi connectivity index (χ2v) is 2.74. The number of anilines is 1. The fraction of sp³-hybridized carbons (Fsp3) is 0.111. The second kappa shape index (κ2) is 3.78. The van der Waals surface area contributed by atoms with Crippen LogP contribution in [0.15, 0.2) is 39.7 Å². The molecule has 0 amide bonds. The van der Waals surface area contributed by atoms with Gasteiger partial charge in [0.05, 0.1) is 12.8 Å². The largest absolute Gasteiger partial charge is 0.467 e. The lowest BCUT2D eigenvalue weighted by Crippen LogP contribution is -2.08. The summed E-state index contributed by atoms with van der Waals surface area (Å²) < 4.78 is 5.12. The summed E-state index contributed by atoms with van der Waals surface area (Å²) in [5.74, 6) is 1.43. The Hall–Kier alpha value is -2.04. The van der Waals surface area contributed by atoms with Gasteiger partial charge in [-0.05, 0) is 18.2 Å². The number of hydrogen-bond donors (Lipinski definition) is 2. The minimum absolute atomic E-state index is 0.214. The molecule has 2 aromatic heterocycles. The van der Waals surface area contributed by atoms with Crippen molar-refractivity contribution in [2.45, 2.75) is 6.54 Å². The smallest absolute Gasteiger partial charge is 0.264 e.